The molecular formula is C24H29N3O5S. The molecule has 0 spiro atoms. The van der Waals surface area contributed by atoms with Gasteiger partial charge in [-0.2, -0.15) is 4.31 Å². The normalized spacial score (nSPS) is 15.5. The number of benzene rings is 2. The van der Waals surface area contributed by atoms with E-state index in [2.05, 4.69) is 5.32 Å². The highest BCUT2D eigenvalue weighted by Crippen LogP contribution is 2.28. The molecule has 0 bridgehead atoms. The third kappa shape index (κ3) is 4.56. The van der Waals surface area contributed by atoms with E-state index in [0.717, 1.165) is 29.3 Å². The fourth-order valence-corrected chi connectivity index (χ4v) is 5.73. The van der Waals surface area contributed by atoms with E-state index in [1.807, 2.05) is 35.9 Å². The highest BCUT2D eigenvalue weighted by molar-refractivity contribution is 7.89. The number of carbonyl (C=O) groups excluding carboxylic acids is 1. The lowest BCUT2D eigenvalue weighted by atomic mass is 10.2. The van der Waals surface area contributed by atoms with Crippen LogP contribution >= 0.6 is 0 Å². The minimum Gasteiger partial charge on any atom is -0.497 e. The van der Waals surface area contributed by atoms with E-state index < -0.39 is 16.1 Å². The molecule has 1 aromatic heterocycles. The highest BCUT2D eigenvalue weighted by atomic mass is 32.2. The van der Waals surface area contributed by atoms with Crippen molar-refractivity contribution in [1.29, 1.82) is 0 Å². The Balaban J connectivity index is 1.50. The Morgan fingerprint density at radius 1 is 1.06 bits per heavy atom. The fraction of sp³-hybridized carbons (Fsp3) is 0.375. The zero-order chi connectivity index (χ0) is 23.6. The second-order valence-corrected chi connectivity index (χ2v) is 10.1. The molecule has 1 amide bonds. The Morgan fingerprint density at radius 3 is 2.52 bits per heavy atom. The maximum atomic E-state index is 12.9. The summed E-state index contributed by atoms with van der Waals surface area (Å²) in [6, 6.07) is 11.9. The predicted octanol–water partition coefficient (Wildman–Crippen LogP) is 3.32. The standard InChI is InChI=1S/C24H29N3O5S/c1-17(24(28)25-16-19-6-7-20(31-2)15-23(19)32-3)27-13-10-18-14-21(8-9-22(18)27)33(29,30)26-11-4-5-12-26/h6-10,13-15,17H,4-5,11-12,16H2,1-3H3,(H,25,28)/t17-/m1/s1. The molecule has 9 heteroatoms. The molecule has 1 fully saturated rings. The quantitative estimate of drug-likeness (QED) is 0.544. The molecule has 2 aromatic carbocycles. The molecule has 33 heavy (non-hydrogen) atoms. The summed E-state index contributed by atoms with van der Waals surface area (Å²) in [4.78, 5) is 13.2. The first-order chi connectivity index (χ1) is 15.8. The minimum atomic E-state index is -3.48. The molecule has 176 valence electrons. The van der Waals surface area contributed by atoms with Crippen molar-refractivity contribution in [2.75, 3.05) is 27.3 Å². The highest BCUT2D eigenvalue weighted by Gasteiger charge is 2.27. The molecule has 4 rings (SSSR count). The summed E-state index contributed by atoms with van der Waals surface area (Å²) >= 11 is 0. The Morgan fingerprint density at radius 2 is 1.82 bits per heavy atom. The molecule has 0 unspecified atom stereocenters. The predicted molar refractivity (Wildman–Crippen MR) is 126 cm³/mol. The van der Waals surface area contributed by atoms with Crippen LogP contribution < -0.4 is 14.8 Å². The zero-order valence-corrected chi connectivity index (χ0v) is 19.9. The summed E-state index contributed by atoms with van der Waals surface area (Å²) in [6.07, 6.45) is 3.61. The molecular weight excluding hydrogens is 442 g/mol. The van der Waals surface area contributed by atoms with Crippen molar-refractivity contribution in [1.82, 2.24) is 14.2 Å². The zero-order valence-electron chi connectivity index (χ0n) is 19.1. The fourth-order valence-electron chi connectivity index (χ4n) is 4.17. The number of ether oxygens (including phenoxy) is 2. The Bertz CT molecular complexity index is 1260. The van der Waals surface area contributed by atoms with Crippen molar-refractivity contribution in [2.45, 2.75) is 37.2 Å². The molecule has 3 aromatic rings. The number of sulfonamides is 1. The number of rotatable bonds is 8. The number of hydrogen-bond donors (Lipinski definition) is 1. The summed E-state index contributed by atoms with van der Waals surface area (Å²) < 4.78 is 39.7. The molecule has 0 radical (unpaired) electrons. The second kappa shape index (κ2) is 9.44. The molecule has 8 nitrogen and oxygen atoms in total. The molecule has 0 saturated carbocycles. The molecule has 1 N–H and O–H groups in total. The number of nitrogens with zero attached hydrogens (tertiary/aromatic N) is 2. The number of carbonyl (C=O) groups is 1. The van der Waals surface area contributed by atoms with E-state index in [9.17, 15) is 13.2 Å². The summed E-state index contributed by atoms with van der Waals surface area (Å²) in [7, 11) is -0.321. The van der Waals surface area contributed by atoms with Gasteiger partial charge >= 0.3 is 0 Å². The van der Waals surface area contributed by atoms with Gasteiger partial charge in [-0.25, -0.2) is 8.42 Å². The molecule has 1 aliphatic rings. The third-order valence-electron chi connectivity index (χ3n) is 6.14. The first-order valence-corrected chi connectivity index (χ1v) is 12.4. The van der Waals surface area contributed by atoms with E-state index in [-0.39, 0.29) is 5.91 Å². The largest absolute Gasteiger partial charge is 0.497 e. The van der Waals surface area contributed by atoms with E-state index in [1.165, 1.54) is 4.31 Å². The van der Waals surface area contributed by atoms with Crippen LogP contribution in [0.25, 0.3) is 10.9 Å². The van der Waals surface area contributed by atoms with Crippen LogP contribution in [0.5, 0.6) is 11.5 Å². The van der Waals surface area contributed by atoms with Crippen LogP contribution in [-0.2, 0) is 21.4 Å². The van der Waals surface area contributed by atoms with Crippen molar-refractivity contribution < 1.29 is 22.7 Å². The van der Waals surface area contributed by atoms with Gasteiger partial charge in [0, 0.05) is 48.4 Å². The molecule has 1 atom stereocenters. The van der Waals surface area contributed by atoms with Crippen molar-refractivity contribution in [3.05, 3.63) is 54.2 Å². The van der Waals surface area contributed by atoms with Crippen LogP contribution in [-0.4, -0.2) is 50.5 Å². The van der Waals surface area contributed by atoms with E-state index in [4.69, 9.17) is 9.47 Å². The molecule has 1 saturated heterocycles. The lowest BCUT2D eigenvalue weighted by Crippen LogP contribution is -2.30. The summed E-state index contributed by atoms with van der Waals surface area (Å²) in [6.45, 7) is 3.26. The number of nitrogens with one attached hydrogen (secondary N) is 1. The third-order valence-corrected chi connectivity index (χ3v) is 8.03. The van der Waals surface area contributed by atoms with Crippen molar-refractivity contribution in [3.8, 4) is 11.5 Å². The van der Waals surface area contributed by atoms with Crippen LogP contribution in [0.4, 0.5) is 0 Å². The molecule has 0 aliphatic carbocycles. The van der Waals surface area contributed by atoms with E-state index in [0.29, 0.717) is 36.0 Å². The number of fused-ring (bicyclic) bond motifs is 1. The average Bonchev–Trinajstić information content (AvgIpc) is 3.52. The summed E-state index contributed by atoms with van der Waals surface area (Å²) in [5.41, 5.74) is 1.65. The smallest absolute Gasteiger partial charge is 0.243 e. The van der Waals surface area contributed by atoms with Crippen LogP contribution in [0.3, 0.4) is 0 Å². The Kier molecular flexibility index (Phi) is 6.62. The van der Waals surface area contributed by atoms with Crippen molar-refractivity contribution in [3.63, 3.8) is 0 Å². The maximum Gasteiger partial charge on any atom is 0.243 e. The van der Waals surface area contributed by atoms with Gasteiger partial charge in [-0.1, -0.05) is 0 Å². The topological polar surface area (TPSA) is 89.9 Å². The maximum absolute atomic E-state index is 12.9. The van der Waals surface area contributed by atoms with Crippen LogP contribution in [0, 0.1) is 0 Å². The van der Waals surface area contributed by atoms with Gasteiger partial charge in [-0.15, -0.1) is 0 Å². The number of aromatic nitrogens is 1. The summed E-state index contributed by atoms with van der Waals surface area (Å²) in [5.74, 6) is 1.17. The van der Waals surface area contributed by atoms with Gasteiger partial charge in [0.25, 0.3) is 0 Å². The van der Waals surface area contributed by atoms with E-state index >= 15 is 0 Å². The van der Waals surface area contributed by atoms with Crippen LogP contribution in [0.2, 0.25) is 0 Å². The van der Waals surface area contributed by atoms with Gasteiger partial charge in [0.15, 0.2) is 0 Å². The SMILES string of the molecule is COc1ccc(CNC(=O)[C@@H](C)n2ccc3cc(S(=O)(=O)N4CCCC4)ccc32)c(OC)c1. The lowest BCUT2D eigenvalue weighted by Gasteiger charge is -2.18. The lowest BCUT2D eigenvalue weighted by molar-refractivity contribution is -0.123. The van der Waals surface area contributed by atoms with Crippen LogP contribution in [0.1, 0.15) is 31.4 Å². The van der Waals surface area contributed by atoms with Crippen LogP contribution in [0.15, 0.2) is 53.6 Å². The number of amides is 1. The van der Waals surface area contributed by atoms with Gasteiger partial charge in [-0.05, 0) is 56.2 Å². The van der Waals surface area contributed by atoms with Crippen molar-refractivity contribution >= 4 is 26.8 Å². The minimum absolute atomic E-state index is 0.154. The number of methoxy groups -OCH3 is 2. The average molecular weight is 472 g/mol. The first-order valence-electron chi connectivity index (χ1n) is 10.9. The second-order valence-electron chi connectivity index (χ2n) is 8.13. The van der Waals surface area contributed by atoms with Crippen molar-refractivity contribution in [2.24, 2.45) is 0 Å². The number of hydrogen-bond acceptors (Lipinski definition) is 5. The van der Waals surface area contributed by atoms with E-state index in [1.54, 1.807) is 38.5 Å². The first kappa shape index (κ1) is 23.1. The van der Waals surface area contributed by atoms with Gasteiger partial charge < -0.3 is 19.4 Å². The Labute approximate surface area is 194 Å². The Hall–Kier alpha value is -3.04. The monoisotopic (exact) mass is 471 g/mol. The van der Waals surface area contributed by atoms with Gasteiger partial charge in [0.1, 0.15) is 17.5 Å². The van der Waals surface area contributed by atoms with Gasteiger partial charge in [-0.3, -0.25) is 4.79 Å². The van der Waals surface area contributed by atoms with Gasteiger partial charge in [0.2, 0.25) is 15.9 Å². The molecule has 2 heterocycles. The van der Waals surface area contributed by atoms with Gasteiger partial charge in [0.05, 0.1) is 19.1 Å². The summed E-state index contributed by atoms with van der Waals surface area (Å²) in [5, 5.41) is 3.74. The molecule has 1 aliphatic heterocycles.